The Bertz CT molecular complexity index is 1380. The number of rotatable bonds is 4. The van der Waals surface area contributed by atoms with Crippen LogP contribution < -0.4 is 15.4 Å². The van der Waals surface area contributed by atoms with E-state index in [1.807, 2.05) is 0 Å². The first-order chi connectivity index (χ1) is 17.0. The summed E-state index contributed by atoms with van der Waals surface area (Å²) in [6.45, 7) is 0.790. The zero-order chi connectivity index (χ0) is 25.8. The van der Waals surface area contributed by atoms with Gasteiger partial charge in [-0.3, -0.25) is 4.79 Å². The molecule has 1 aliphatic carbocycles. The summed E-state index contributed by atoms with van der Waals surface area (Å²) in [7, 11) is 3.38. The number of aliphatic hydroxyl groups excluding tert-OH is 1. The first kappa shape index (κ1) is 24.3. The first-order valence-electron chi connectivity index (χ1n) is 11.8. The highest BCUT2D eigenvalue weighted by Gasteiger charge is 2.36. The van der Waals surface area contributed by atoms with Gasteiger partial charge in [-0.05, 0) is 67.6 Å². The molecule has 1 aromatic heterocycles. The van der Waals surface area contributed by atoms with Gasteiger partial charge in [0.05, 0.1) is 28.7 Å². The van der Waals surface area contributed by atoms with Gasteiger partial charge in [0.25, 0.3) is 5.56 Å². The molecule has 0 bridgehead atoms. The summed E-state index contributed by atoms with van der Waals surface area (Å²) in [5, 5.41) is 14.4. The lowest BCUT2D eigenvalue weighted by Gasteiger charge is -2.22. The number of benzene rings is 2. The van der Waals surface area contributed by atoms with Gasteiger partial charge in [0.15, 0.2) is 0 Å². The molecule has 2 aromatic carbocycles. The molecule has 6 nitrogen and oxygen atoms in total. The average molecular weight is 503 g/mol. The molecule has 36 heavy (non-hydrogen) atoms. The highest BCUT2D eigenvalue weighted by molar-refractivity contribution is 5.70. The molecule has 1 atom stereocenters. The monoisotopic (exact) mass is 502 g/mol. The first-order valence-corrected chi connectivity index (χ1v) is 11.8. The number of anilines is 2. The maximum atomic E-state index is 14.4. The zero-order valence-electron chi connectivity index (χ0n) is 19.9. The number of alkyl halides is 3. The van der Waals surface area contributed by atoms with Crippen molar-refractivity contribution in [1.82, 2.24) is 9.78 Å². The fraction of sp³-hybridized carbons (Fsp3) is 0.385. The summed E-state index contributed by atoms with van der Waals surface area (Å²) in [6, 6.07) is 8.05. The fourth-order valence-corrected chi connectivity index (χ4v) is 5.08. The molecule has 1 N–H and O–H groups in total. The lowest BCUT2D eigenvalue weighted by Crippen LogP contribution is -2.29. The second kappa shape index (κ2) is 8.92. The van der Waals surface area contributed by atoms with Crippen molar-refractivity contribution in [2.24, 2.45) is 0 Å². The molecule has 0 unspecified atom stereocenters. The molecule has 10 heteroatoms. The number of nitrogens with zero attached hydrogens (tertiary/aromatic N) is 4. The summed E-state index contributed by atoms with van der Waals surface area (Å²) in [6.07, 6.45) is -3.08. The van der Waals surface area contributed by atoms with Gasteiger partial charge in [-0.25, -0.2) is 4.39 Å². The molecule has 3 aromatic rings. The van der Waals surface area contributed by atoms with Crippen LogP contribution in [0.1, 0.15) is 29.5 Å². The van der Waals surface area contributed by atoms with Crippen molar-refractivity contribution < 1.29 is 22.7 Å². The Morgan fingerprint density at radius 1 is 1.08 bits per heavy atom. The van der Waals surface area contributed by atoms with Crippen molar-refractivity contribution in [2.75, 3.05) is 37.0 Å². The minimum atomic E-state index is -4.72. The van der Waals surface area contributed by atoms with E-state index in [1.165, 1.54) is 24.3 Å². The van der Waals surface area contributed by atoms with Crippen molar-refractivity contribution in [3.8, 4) is 16.9 Å². The van der Waals surface area contributed by atoms with Crippen molar-refractivity contribution in [1.29, 1.82) is 0 Å². The molecule has 2 aliphatic rings. The van der Waals surface area contributed by atoms with Crippen LogP contribution in [0, 0.1) is 5.82 Å². The maximum Gasteiger partial charge on any atom is 0.418 e. The van der Waals surface area contributed by atoms with Gasteiger partial charge >= 0.3 is 6.18 Å². The van der Waals surface area contributed by atoms with Gasteiger partial charge in [0.2, 0.25) is 0 Å². The van der Waals surface area contributed by atoms with Crippen molar-refractivity contribution in [3.63, 3.8) is 0 Å². The normalized spacial score (nSPS) is 17.5. The van der Waals surface area contributed by atoms with Crippen LogP contribution in [0.4, 0.5) is 28.9 Å². The van der Waals surface area contributed by atoms with Gasteiger partial charge in [0.1, 0.15) is 5.82 Å². The number of β-amino-alcohol motifs (C(OH)–C–C–N with tert-alkyl or cyclic N) is 1. The van der Waals surface area contributed by atoms with E-state index in [0.29, 0.717) is 72.5 Å². The van der Waals surface area contributed by atoms with Crippen LogP contribution in [0.5, 0.6) is 0 Å². The van der Waals surface area contributed by atoms with E-state index in [-0.39, 0.29) is 5.69 Å². The van der Waals surface area contributed by atoms with E-state index >= 15 is 0 Å². The molecular weight excluding hydrogens is 476 g/mol. The minimum absolute atomic E-state index is 0.297. The van der Waals surface area contributed by atoms with Crippen molar-refractivity contribution in [3.05, 3.63) is 69.3 Å². The Morgan fingerprint density at radius 3 is 2.50 bits per heavy atom. The minimum Gasteiger partial charge on any atom is -0.391 e. The third-order valence-electron chi connectivity index (χ3n) is 6.90. The van der Waals surface area contributed by atoms with Gasteiger partial charge < -0.3 is 14.9 Å². The number of hydrogen-bond donors (Lipinski definition) is 1. The molecule has 1 fully saturated rings. The largest absolute Gasteiger partial charge is 0.418 e. The third-order valence-corrected chi connectivity index (χ3v) is 6.90. The molecule has 0 spiro atoms. The topological polar surface area (TPSA) is 61.6 Å². The summed E-state index contributed by atoms with van der Waals surface area (Å²) < 4.78 is 57.4. The SMILES string of the molecule is CN(C)c1cc(-c2nn(-c3cc(N4CC[C@H](O)C4)ccc3C(F)(F)F)c(=O)c3c2CCC3)ccc1F. The predicted octanol–water partition coefficient (Wildman–Crippen LogP) is 4.18. The second-order valence-electron chi connectivity index (χ2n) is 9.52. The van der Waals surface area contributed by atoms with Crippen LogP contribution in [0.25, 0.3) is 16.9 Å². The van der Waals surface area contributed by atoms with Crippen LogP contribution in [-0.2, 0) is 19.0 Å². The van der Waals surface area contributed by atoms with E-state index in [4.69, 9.17) is 0 Å². The zero-order valence-corrected chi connectivity index (χ0v) is 19.9. The van der Waals surface area contributed by atoms with E-state index in [1.54, 1.807) is 30.0 Å². The summed E-state index contributed by atoms with van der Waals surface area (Å²) in [5.74, 6) is -0.437. The lowest BCUT2D eigenvalue weighted by molar-refractivity contribution is -0.137. The van der Waals surface area contributed by atoms with Crippen LogP contribution in [0.3, 0.4) is 0 Å². The number of aromatic nitrogens is 2. The number of hydrogen-bond acceptors (Lipinski definition) is 5. The highest BCUT2D eigenvalue weighted by Crippen LogP contribution is 2.37. The Morgan fingerprint density at radius 2 is 1.83 bits per heavy atom. The molecule has 0 saturated carbocycles. The quantitative estimate of drug-likeness (QED) is 0.543. The highest BCUT2D eigenvalue weighted by atomic mass is 19.4. The number of fused-ring (bicyclic) bond motifs is 1. The Kier molecular flexibility index (Phi) is 6.02. The van der Waals surface area contributed by atoms with Crippen molar-refractivity contribution >= 4 is 11.4 Å². The smallest absolute Gasteiger partial charge is 0.391 e. The molecule has 1 aliphatic heterocycles. The van der Waals surface area contributed by atoms with Gasteiger partial charge in [0, 0.05) is 44.0 Å². The van der Waals surface area contributed by atoms with Crippen molar-refractivity contribution in [2.45, 2.75) is 38.0 Å². The lowest BCUT2D eigenvalue weighted by atomic mass is 10.0. The number of halogens is 4. The van der Waals surface area contributed by atoms with Gasteiger partial charge in [-0.1, -0.05) is 0 Å². The van der Waals surface area contributed by atoms with E-state index in [9.17, 15) is 27.5 Å². The predicted molar refractivity (Wildman–Crippen MR) is 129 cm³/mol. The molecule has 0 amide bonds. The summed E-state index contributed by atoms with van der Waals surface area (Å²) in [5.41, 5.74) is 0.900. The van der Waals surface area contributed by atoms with Crippen LogP contribution in [0.15, 0.2) is 41.2 Å². The summed E-state index contributed by atoms with van der Waals surface area (Å²) in [4.78, 5) is 16.8. The fourth-order valence-electron chi connectivity index (χ4n) is 5.08. The van der Waals surface area contributed by atoms with Crippen LogP contribution in [0.2, 0.25) is 0 Å². The van der Waals surface area contributed by atoms with Gasteiger partial charge in [-0.15, -0.1) is 0 Å². The average Bonchev–Trinajstić information content (AvgIpc) is 3.48. The Labute approximate surface area is 205 Å². The molecular formula is C26H26F4N4O2. The molecule has 5 rings (SSSR count). The van der Waals surface area contributed by atoms with E-state index < -0.39 is 29.2 Å². The molecule has 190 valence electrons. The molecule has 2 heterocycles. The molecule has 1 saturated heterocycles. The van der Waals surface area contributed by atoms with E-state index in [0.717, 1.165) is 10.7 Å². The standard InChI is InChI=1S/C26H26F4N4O2/c1-32(2)23-12-15(6-9-21(23)27)24-18-4-3-5-19(18)25(36)34(31-24)22-13-16(33-11-10-17(35)14-33)7-8-20(22)26(28,29)30/h6-9,12-13,17,35H,3-5,10-11,14H2,1-2H3/t17-/m0/s1. The molecule has 0 radical (unpaired) electrons. The Balaban J connectivity index is 1.74. The van der Waals surface area contributed by atoms with E-state index in [2.05, 4.69) is 5.10 Å². The van der Waals surface area contributed by atoms with Crippen LogP contribution in [-0.4, -0.2) is 48.2 Å². The van der Waals surface area contributed by atoms with Crippen LogP contribution >= 0.6 is 0 Å². The Hall–Kier alpha value is -3.40. The van der Waals surface area contributed by atoms with Gasteiger partial charge in [-0.2, -0.15) is 23.0 Å². The third kappa shape index (κ3) is 4.23. The summed E-state index contributed by atoms with van der Waals surface area (Å²) >= 11 is 0. The number of aliphatic hydroxyl groups is 1. The maximum absolute atomic E-state index is 14.4. The second-order valence-corrected chi connectivity index (χ2v) is 9.52.